The van der Waals surface area contributed by atoms with Gasteiger partial charge in [-0.15, -0.1) is 11.3 Å². The van der Waals surface area contributed by atoms with Crippen LogP contribution in [-0.4, -0.2) is 16.1 Å². The van der Waals surface area contributed by atoms with Crippen molar-refractivity contribution in [3.8, 4) is 0 Å². The molecule has 0 saturated heterocycles. The average molecular weight is 275 g/mol. The van der Waals surface area contributed by atoms with E-state index >= 15 is 0 Å². The number of carboxylic acid groups (broad SMARTS) is 1. The van der Waals surface area contributed by atoms with E-state index in [0.717, 1.165) is 16.5 Å². The van der Waals surface area contributed by atoms with Crippen LogP contribution in [0, 0.1) is 0 Å². The van der Waals surface area contributed by atoms with Crippen LogP contribution in [0.5, 0.6) is 0 Å². The Balaban J connectivity index is 1.78. The molecule has 1 aliphatic carbocycles. The Bertz CT molecular complexity index is 635. The molecule has 1 saturated carbocycles. The normalized spacial score (nSPS) is 14.3. The van der Waals surface area contributed by atoms with Crippen molar-refractivity contribution in [1.29, 1.82) is 0 Å². The Morgan fingerprint density at radius 3 is 2.89 bits per heavy atom. The molecule has 19 heavy (non-hydrogen) atoms. The predicted molar refractivity (Wildman–Crippen MR) is 75.2 cm³/mol. The van der Waals surface area contributed by atoms with Gasteiger partial charge in [0.2, 0.25) is 0 Å². The molecular formula is C13H13N3O2S. The first-order chi connectivity index (χ1) is 9.13. The molecule has 1 heterocycles. The molecule has 4 N–H and O–H groups in total. The highest BCUT2D eigenvalue weighted by molar-refractivity contribution is 7.13. The molecule has 1 aliphatic rings. The molecule has 1 aromatic heterocycles. The summed E-state index contributed by atoms with van der Waals surface area (Å²) < 4.78 is 0. The smallest absolute Gasteiger partial charge is 0.337 e. The molecule has 0 radical (unpaired) electrons. The van der Waals surface area contributed by atoms with Gasteiger partial charge < -0.3 is 16.2 Å². The van der Waals surface area contributed by atoms with Crippen molar-refractivity contribution >= 4 is 33.8 Å². The van der Waals surface area contributed by atoms with Crippen molar-refractivity contribution in [2.75, 3.05) is 11.1 Å². The van der Waals surface area contributed by atoms with Crippen LogP contribution in [0.3, 0.4) is 0 Å². The molecule has 0 unspecified atom stereocenters. The number of aromatic carboxylic acids is 1. The quantitative estimate of drug-likeness (QED) is 0.746. The summed E-state index contributed by atoms with van der Waals surface area (Å²) >= 11 is 1.55. The van der Waals surface area contributed by atoms with Crippen LogP contribution in [0.4, 0.5) is 16.5 Å². The Kier molecular flexibility index (Phi) is 2.87. The third-order valence-corrected chi connectivity index (χ3v) is 3.83. The van der Waals surface area contributed by atoms with Gasteiger partial charge >= 0.3 is 5.97 Å². The second kappa shape index (κ2) is 4.55. The number of anilines is 3. The first-order valence-electron chi connectivity index (χ1n) is 5.99. The highest BCUT2D eigenvalue weighted by Crippen LogP contribution is 2.41. The zero-order valence-corrected chi connectivity index (χ0v) is 10.9. The highest BCUT2D eigenvalue weighted by atomic mass is 32.1. The molecule has 98 valence electrons. The maximum Gasteiger partial charge on any atom is 0.337 e. The third kappa shape index (κ3) is 2.53. The number of hydrogen-bond donors (Lipinski definition) is 3. The zero-order valence-electron chi connectivity index (χ0n) is 10.1. The summed E-state index contributed by atoms with van der Waals surface area (Å²) in [6.45, 7) is 0. The molecule has 0 aliphatic heterocycles. The number of hydrogen-bond acceptors (Lipinski definition) is 5. The fraction of sp³-hybridized carbons (Fsp3) is 0.231. The van der Waals surface area contributed by atoms with E-state index < -0.39 is 5.97 Å². The van der Waals surface area contributed by atoms with Crippen molar-refractivity contribution in [3.63, 3.8) is 0 Å². The standard InChI is InChI=1S/C13H13N3O2S/c14-10-5-8(3-4-9(10)12(17)18)15-13-16-11(6-19-13)7-1-2-7/h3-7H,1-2,14H2,(H,15,16)(H,17,18). The first-order valence-corrected chi connectivity index (χ1v) is 6.86. The number of benzene rings is 1. The van der Waals surface area contributed by atoms with Crippen LogP contribution < -0.4 is 11.1 Å². The third-order valence-electron chi connectivity index (χ3n) is 3.05. The zero-order chi connectivity index (χ0) is 13.4. The van der Waals surface area contributed by atoms with Gasteiger partial charge in [-0.05, 0) is 31.0 Å². The van der Waals surface area contributed by atoms with Gasteiger partial charge in [-0.3, -0.25) is 0 Å². The maximum atomic E-state index is 10.9. The van der Waals surface area contributed by atoms with Crippen LogP contribution in [0.2, 0.25) is 0 Å². The number of nitrogens with two attached hydrogens (primary N) is 1. The molecule has 2 aromatic rings. The minimum atomic E-state index is -1.02. The predicted octanol–water partition coefficient (Wildman–Crippen LogP) is 3.04. The number of carbonyl (C=O) groups is 1. The van der Waals surface area contributed by atoms with Gasteiger partial charge in [0.25, 0.3) is 0 Å². The lowest BCUT2D eigenvalue weighted by Gasteiger charge is -2.05. The van der Waals surface area contributed by atoms with E-state index in [4.69, 9.17) is 10.8 Å². The molecular weight excluding hydrogens is 262 g/mol. The van der Waals surface area contributed by atoms with Crippen molar-refractivity contribution in [2.45, 2.75) is 18.8 Å². The Morgan fingerprint density at radius 2 is 2.26 bits per heavy atom. The molecule has 0 bridgehead atoms. The maximum absolute atomic E-state index is 10.9. The fourth-order valence-corrected chi connectivity index (χ4v) is 2.68. The minimum absolute atomic E-state index is 0.114. The van der Waals surface area contributed by atoms with Crippen LogP contribution in [0.15, 0.2) is 23.6 Å². The second-order valence-corrected chi connectivity index (χ2v) is 5.44. The number of aromatic nitrogens is 1. The molecule has 1 fully saturated rings. The molecule has 0 amide bonds. The summed E-state index contributed by atoms with van der Waals surface area (Å²) in [7, 11) is 0. The Hall–Kier alpha value is -2.08. The van der Waals surface area contributed by atoms with Crippen LogP contribution in [-0.2, 0) is 0 Å². The number of nitrogens with zero attached hydrogens (tertiary/aromatic N) is 1. The van der Waals surface area contributed by atoms with Gasteiger partial charge in [0, 0.05) is 22.7 Å². The Labute approximate surface area is 114 Å². The van der Waals surface area contributed by atoms with E-state index in [-0.39, 0.29) is 11.3 Å². The summed E-state index contributed by atoms with van der Waals surface area (Å²) in [5.41, 5.74) is 7.95. The van der Waals surface area contributed by atoms with E-state index in [1.807, 2.05) is 0 Å². The summed E-state index contributed by atoms with van der Waals surface area (Å²) in [4.78, 5) is 15.4. The molecule has 5 nitrogen and oxygen atoms in total. The van der Waals surface area contributed by atoms with E-state index in [1.54, 1.807) is 23.5 Å². The lowest BCUT2D eigenvalue weighted by molar-refractivity contribution is 0.0698. The summed E-state index contributed by atoms with van der Waals surface area (Å²) in [5, 5.41) is 14.9. The molecule has 0 spiro atoms. The van der Waals surface area contributed by atoms with E-state index in [0.29, 0.717) is 5.92 Å². The van der Waals surface area contributed by atoms with Crippen LogP contribution in [0.1, 0.15) is 34.8 Å². The molecule has 3 rings (SSSR count). The second-order valence-electron chi connectivity index (χ2n) is 4.58. The number of thiazole rings is 1. The van der Waals surface area contributed by atoms with Gasteiger partial charge in [0.15, 0.2) is 5.13 Å². The molecule has 1 aromatic carbocycles. The fourth-order valence-electron chi connectivity index (χ4n) is 1.87. The lowest BCUT2D eigenvalue weighted by Crippen LogP contribution is -2.02. The summed E-state index contributed by atoms with van der Waals surface area (Å²) in [6.07, 6.45) is 2.45. The van der Waals surface area contributed by atoms with Gasteiger partial charge in [0.1, 0.15) is 0 Å². The average Bonchev–Trinajstić information content (AvgIpc) is 3.10. The van der Waals surface area contributed by atoms with Crippen LogP contribution >= 0.6 is 11.3 Å². The van der Waals surface area contributed by atoms with Crippen molar-refractivity contribution in [1.82, 2.24) is 4.98 Å². The number of carboxylic acids is 1. The Morgan fingerprint density at radius 1 is 1.47 bits per heavy atom. The van der Waals surface area contributed by atoms with Gasteiger partial charge in [0.05, 0.1) is 11.3 Å². The minimum Gasteiger partial charge on any atom is -0.478 e. The SMILES string of the molecule is Nc1cc(Nc2nc(C3CC3)cs2)ccc1C(=O)O. The highest BCUT2D eigenvalue weighted by Gasteiger charge is 2.26. The summed E-state index contributed by atoms with van der Waals surface area (Å²) in [6, 6.07) is 4.80. The van der Waals surface area contributed by atoms with Crippen molar-refractivity contribution in [3.05, 3.63) is 34.8 Å². The van der Waals surface area contributed by atoms with E-state index in [1.165, 1.54) is 18.9 Å². The largest absolute Gasteiger partial charge is 0.478 e. The molecule has 0 atom stereocenters. The monoisotopic (exact) mass is 275 g/mol. The van der Waals surface area contributed by atoms with E-state index in [2.05, 4.69) is 15.7 Å². The van der Waals surface area contributed by atoms with E-state index in [9.17, 15) is 4.79 Å². The summed E-state index contributed by atoms with van der Waals surface area (Å²) in [5.74, 6) is -0.388. The lowest BCUT2D eigenvalue weighted by atomic mass is 10.1. The number of rotatable bonds is 4. The van der Waals surface area contributed by atoms with Crippen molar-refractivity contribution < 1.29 is 9.90 Å². The first kappa shape index (κ1) is 12.0. The number of nitrogen functional groups attached to an aromatic ring is 1. The number of nitrogens with one attached hydrogen (secondary N) is 1. The van der Waals surface area contributed by atoms with Crippen molar-refractivity contribution in [2.24, 2.45) is 0 Å². The van der Waals surface area contributed by atoms with Gasteiger partial charge in [-0.2, -0.15) is 0 Å². The van der Waals surface area contributed by atoms with Gasteiger partial charge in [-0.1, -0.05) is 0 Å². The van der Waals surface area contributed by atoms with Crippen LogP contribution in [0.25, 0.3) is 0 Å². The van der Waals surface area contributed by atoms with Gasteiger partial charge in [-0.25, -0.2) is 9.78 Å². The topological polar surface area (TPSA) is 88.2 Å². The molecule has 6 heteroatoms.